The second-order valence-corrected chi connectivity index (χ2v) is 15.4. The van der Waals surface area contributed by atoms with E-state index >= 15 is 0 Å². The summed E-state index contributed by atoms with van der Waals surface area (Å²) in [5.41, 5.74) is 7.52. The third-order valence-electron chi connectivity index (χ3n) is 10.1. The second-order valence-electron chi connectivity index (χ2n) is 15.0. The average Bonchev–Trinajstić information content (AvgIpc) is 3.36. The van der Waals surface area contributed by atoms with Crippen molar-refractivity contribution in [3.63, 3.8) is 0 Å². The fraction of sp³-hybridized carbons (Fsp3) is 0.265. The van der Waals surface area contributed by atoms with Crippen molar-refractivity contribution in [2.45, 2.75) is 21.3 Å². The van der Waals surface area contributed by atoms with E-state index in [0.29, 0.717) is 62.2 Å². The maximum absolute atomic E-state index is 11.7. The van der Waals surface area contributed by atoms with Crippen molar-refractivity contribution < 1.29 is 49.6 Å². The fourth-order valence-electron chi connectivity index (χ4n) is 6.75. The Hall–Kier alpha value is -8.55. The van der Waals surface area contributed by atoms with Gasteiger partial charge in [-0.05, 0) is 123 Å². The number of nitrogen functional groups attached to an aromatic ring is 1. The summed E-state index contributed by atoms with van der Waals surface area (Å²) in [5, 5.41) is 90.6. The van der Waals surface area contributed by atoms with E-state index in [0.717, 1.165) is 41.0 Å². The zero-order chi connectivity index (χ0) is 53.5. The van der Waals surface area contributed by atoms with Gasteiger partial charge in [0.2, 0.25) is 0 Å². The van der Waals surface area contributed by atoms with E-state index in [4.69, 9.17) is 37.0 Å². The second kappa shape index (κ2) is 30.4. The molecule has 0 heterocycles. The van der Waals surface area contributed by atoms with Gasteiger partial charge in [-0.1, -0.05) is 19.0 Å². The van der Waals surface area contributed by atoms with E-state index in [-0.39, 0.29) is 55.9 Å². The lowest BCUT2D eigenvalue weighted by Crippen LogP contribution is -2.29. The highest BCUT2D eigenvalue weighted by Crippen LogP contribution is 2.40. The molecule has 0 amide bonds. The molecule has 396 valence electrons. The Morgan fingerprint density at radius 1 is 0.486 bits per heavy atom. The van der Waals surface area contributed by atoms with Crippen molar-refractivity contribution in [1.82, 2.24) is 0 Å². The number of aliphatic hydroxyl groups is 4. The van der Waals surface area contributed by atoms with Crippen LogP contribution in [0, 0.1) is 40.5 Å². The Kier molecular flexibility index (Phi) is 24.5. The van der Waals surface area contributed by atoms with Crippen molar-refractivity contribution in [3.8, 4) is 11.5 Å². The number of ether oxygens (including phenoxy) is 2. The maximum atomic E-state index is 11.7. The molecule has 0 fully saturated rings. The van der Waals surface area contributed by atoms with Crippen LogP contribution in [0.1, 0.15) is 21.3 Å². The summed E-state index contributed by atoms with van der Waals surface area (Å²) in [7, 11) is 0. The minimum absolute atomic E-state index is 0. The Bertz CT molecular complexity index is 2730. The number of hydrogen-bond acceptors (Lipinski definition) is 20. The monoisotopic (exact) mass is 1050 g/mol. The molecule has 0 aliphatic rings. The van der Waals surface area contributed by atoms with Crippen LogP contribution in [0.15, 0.2) is 121 Å². The van der Waals surface area contributed by atoms with E-state index in [2.05, 4.69) is 16.0 Å². The van der Waals surface area contributed by atoms with Crippen LogP contribution in [-0.4, -0.2) is 106 Å². The molecule has 6 aromatic carbocycles. The van der Waals surface area contributed by atoms with E-state index in [1.54, 1.807) is 82.6 Å². The summed E-state index contributed by atoms with van der Waals surface area (Å²) in [5.74, 6) is 1.51. The normalized spacial score (nSPS) is 10.2. The van der Waals surface area contributed by atoms with Crippen LogP contribution in [0.5, 0.6) is 11.5 Å². The van der Waals surface area contributed by atoms with Gasteiger partial charge < -0.3 is 61.4 Å². The molecule has 6 rings (SSSR count). The number of hydrogen-bond donors (Lipinski definition) is 8. The first-order valence-corrected chi connectivity index (χ1v) is 22.7. The van der Waals surface area contributed by atoms with Gasteiger partial charge in [0.15, 0.2) is 0 Å². The molecule has 9 N–H and O–H groups in total. The summed E-state index contributed by atoms with van der Waals surface area (Å²) >= 11 is 5.85. The molecule has 0 bridgehead atoms. The Balaban J connectivity index is 0.000000333. The quantitative estimate of drug-likeness (QED) is 0.0159. The molecule has 24 nitrogen and oxygen atoms in total. The SMILES string of the molecule is C.CCOc1ccc(N)cc1.CCOc1ccc(Nc2cc(Nc3ccc(N(CCO)CCO)cc3)c([N+](=O)[O-])cc2[N+](=O)[O-])cc1.O=[N+]([O-])c1cc([N+](=O)[O-])c(Nc2ccc(N(CCO)CCO)cc2)cc1Cl. The first-order valence-electron chi connectivity index (χ1n) is 22.3. The number of nitrogens with zero attached hydrogens (tertiary/aromatic N) is 6. The van der Waals surface area contributed by atoms with Gasteiger partial charge in [0.1, 0.15) is 33.6 Å². The molecule has 0 aliphatic carbocycles. The average molecular weight is 1050 g/mol. The smallest absolute Gasteiger partial charge is 0.299 e. The van der Waals surface area contributed by atoms with Gasteiger partial charge >= 0.3 is 0 Å². The number of anilines is 9. The first kappa shape index (κ1) is 59.8. The largest absolute Gasteiger partial charge is 0.494 e. The van der Waals surface area contributed by atoms with Crippen LogP contribution < -0.4 is 41.0 Å². The minimum Gasteiger partial charge on any atom is -0.494 e. The highest BCUT2D eigenvalue weighted by molar-refractivity contribution is 6.33. The zero-order valence-electron chi connectivity index (χ0n) is 39.6. The van der Waals surface area contributed by atoms with Gasteiger partial charge in [0.25, 0.3) is 22.7 Å². The van der Waals surface area contributed by atoms with Gasteiger partial charge in [-0.3, -0.25) is 40.5 Å². The number of halogens is 1. The van der Waals surface area contributed by atoms with E-state index in [1.165, 1.54) is 6.07 Å². The topological polar surface area (TPSA) is 341 Å². The maximum Gasteiger partial charge on any atom is 0.299 e. The molecule has 74 heavy (non-hydrogen) atoms. The number of nitro benzene ring substituents is 4. The predicted molar refractivity (Wildman–Crippen MR) is 286 cm³/mol. The van der Waals surface area contributed by atoms with Crippen molar-refractivity contribution in [2.24, 2.45) is 0 Å². The van der Waals surface area contributed by atoms with Crippen molar-refractivity contribution in [2.75, 3.05) is 97.3 Å². The number of nitrogens with two attached hydrogens (primary N) is 1. The molecule has 0 aromatic heterocycles. The Morgan fingerprint density at radius 3 is 1.09 bits per heavy atom. The third kappa shape index (κ3) is 17.9. The summed E-state index contributed by atoms with van der Waals surface area (Å²) in [6.07, 6.45) is 0. The molecular weight excluding hydrogens is 988 g/mol. The van der Waals surface area contributed by atoms with Gasteiger partial charge in [0, 0.05) is 60.3 Å². The highest BCUT2D eigenvalue weighted by atomic mass is 35.5. The number of aliphatic hydroxyl groups excluding tert-OH is 4. The van der Waals surface area contributed by atoms with E-state index in [9.17, 15) is 50.7 Å². The molecule has 25 heteroatoms. The molecule has 0 radical (unpaired) electrons. The minimum atomic E-state index is -0.787. The molecule has 6 aromatic rings. The molecule has 0 unspecified atom stereocenters. The summed E-state index contributed by atoms with van der Waals surface area (Å²) in [6.45, 7) is 6.04. The zero-order valence-corrected chi connectivity index (χ0v) is 40.4. The van der Waals surface area contributed by atoms with Crippen LogP contribution in [-0.2, 0) is 0 Å². The summed E-state index contributed by atoms with van der Waals surface area (Å²) in [6, 6.07) is 31.9. The van der Waals surface area contributed by atoms with Crippen LogP contribution in [0.25, 0.3) is 0 Å². The van der Waals surface area contributed by atoms with Gasteiger partial charge in [-0.15, -0.1) is 0 Å². The molecule has 0 saturated heterocycles. The van der Waals surface area contributed by atoms with Gasteiger partial charge in [-0.25, -0.2) is 0 Å². The number of rotatable bonds is 24. The lowest BCUT2D eigenvalue weighted by Gasteiger charge is -2.23. The number of benzene rings is 6. The van der Waals surface area contributed by atoms with Gasteiger partial charge in [-0.2, -0.15) is 0 Å². The van der Waals surface area contributed by atoms with Crippen LogP contribution >= 0.6 is 11.6 Å². The molecule has 0 saturated carbocycles. The molecule has 0 atom stereocenters. The summed E-state index contributed by atoms with van der Waals surface area (Å²) < 4.78 is 10.6. The third-order valence-corrected chi connectivity index (χ3v) is 10.4. The Morgan fingerprint density at radius 2 is 0.784 bits per heavy atom. The lowest BCUT2D eigenvalue weighted by atomic mass is 10.1. The van der Waals surface area contributed by atoms with E-state index < -0.39 is 42.4 Å². The number of nitro groups is 4. The number of nitrogens with one attached hydrogen (secondary N) is 3. The van der Waals surface area contributed by atoms with Gasteiger partial charge in [0.05, 0.1) is 71.5 Å². The molecular formula is C49H59ClN10O14. The van der Waals surface area contributed by atoms with Crippen LogP contribution in [0.2, 0.25) is 5.02 Å². The highest BCUT2D eigenvalue weighted by Gasteiger charge is 2.26. The van der Waals surface area contributed by atoms with Crippen LogP contribution in [0.3, 0.4) is 0 Å². The fourth-order valence-corrected chi connectivity index (χ4v) is 6.99. The molecule has 0 aliphatic heterocycles. The van der Waals surface area contributed by atoms with Crippen molar-refractivity contribution in [1.29, 1.82) is 0 Å². The lowest BCUT2D eigenvalue weighted by molar-refractivity contribution is -0.393. The summed E-state index contributed by atoms with van der Waals surface area (Å²) in [4.78, 5) is 46.2. The molecule has 0 spiro atoms. The Labute approximate surface area is 430 Å². The predicted octanol–water partition coefficient (Wildman–Crippen LogP) is 9.17. The first-order chi connectivity index (χ1) is 35.0. The van der Waals surface area contributed by atoms with Crippen molar-refractivity contribution in [3.05, 3.63) is 167 Å². The standard InChI is InChI=1S/C24H27N5O7.C16H17ClN4O6.C8H11NO.CH4/c1-2-36-20-9-5-18(6-10-20)26-22-15-21(23(28(32)33)16-24(22)29(34)35)25-17-3-7-19(8-4-17)27(11-13-30)12-14-31;17-13-9-14(16(21(26)27)10-15(13)20(24)25)18-11-1-3-12(4-2-11)19(5-7-22)6-8-23;1-2-10-8-5-3-7(9)4-6-8;/h3-10,15-16,25-26,30-31H,2,11-14H2,1H3;1-4,9-10,18,22-23H,5-8H2;3-6H,2,9H2,1H3;1H4. The van der Waals surface area contributed by atoms with E-state index in [1.807, 2.05) is 38.1 Å². The van der Waals surface area contributed by atoms with Crippen molar-refractivity contribution >= 4 is 85.5 Å². The van der Waals surface area contributed by atoms with Crippen LogP contribution in [0.4, 0.5) is 73.9 Å².